The average Bonchev–Trinajstić information content (AvgIpc) is 2.78. The highest BCUT2D eigenvalue weighted by Gasteiger charge is 2.19. The van der Waals surface area contributed by atoms with Crippen LogP contribution in [0.3, 0.4) is 0 Å². The number of hydrogen-bond acceptors (Lipinski definition) is 3. The molecule has 0 saturated heterocycles. The molecule has 33 heavy (non-hydrogen) atoms. The van der Waals surface area contributed by atoms with Crippen LogP contribution in [0.5, 0.6) is 0 Å². The molecule has 0 aliphatic heterocycles. The van der Waals surface area contributed by atoms with Gasteiger partial charge in [0.25, 0.3) is 10.0 Å². The van der Waals surface area contributed by atoms with Crippen LogP contribution in [0.2, 0.25) is 0 Å². The highest BCUT2D eigenvalue weighted by atomic mass is 32.2. The summed E-state index contributed by atoms with van der Waals surface area (Å²) in [7, 11) is -3.96. The van der Waals surface area contributed by atoms with Gasteiger partial charge in [-0.25, -0.2) is 12.8 Å². The third-order valence-electron chi connectivity index (χ3n) is 4.94. The van der Waals surface area contributed by atoms with E-state index in [1.807, 2.05) is 6.07 Å². The smallest absolute Gasteiger partial charge is 0.303 e. The molecule has 5 nitrogen and oxygen atoms in total. The van der Waals surface area contributed by atoms with Crippen molar-refractivity contribution < 1.29 is 22.7 Å². The monoisotopic (exact) mass is 465 g/mol. The van der Waals surface area contributed by atoms with Crippen molar-refractivity contribution in [1.82, 2.24) is 0 Å². The number of hydrogen-bond donors (Lipinski definition) is 2. The Morgan fingerprint density at radius 2 is 1.79 bits per heavy atom. The summed E-state index contributed by atoms with van der Waals surface area (Å²) in [5, 5.41) is 8.66. The van der Waals surface area contributed by atoms with Crippen LogP contribution in [0.4, 0.5) is 10.1 Å². The van der Waals surface area contributed by atoms with Crippen LogP contribution in [-0.4, -0.2) is 19.5 Å². The van der Waals surface area contributed by atoms with Gasteiger partial charge in [0, 0.05) is 24.0 Å². The average molecular weight is 466 g/mol. The van der Waals surface area contributed by atoms with Gasteiger partial charge in [-0.05, 0) is 61.2 Å². The molecule has 3 rings (SSSR count). The Kier molecular flexibility index (Phi) is 7.86. The quantitative estimate of drug-likeness (QED) is 0.335. The summed E-state index contributed by atoms with van der Waals surface area (Å²) in [4.78, 5) is 10.6. The Hall–Kier alpha value is -3.63. The minimum Gasteiger partial charge on any atom is -0.481 e. The van der Waals surface area contributed by atoms with Crippen LogP contribution in [0.1, 0.15) is 36.8 Å². The normalized spacial score (nSPS) is 10.8. The molecule has 0 heterocycles. The third-order valence-corrected chi connectivity index (χ3v) is 6.29. The minimum absolute atomic E-state index is 0.0444. The molecule has 3 aromatic carbocycles. The number of aliphatic carboxylic acids is 1. The largest absolute Gasteiger partial charge is 0.481 e. The Bertz CT molecular complexity index is 1310. The maximum absolute atomic E-state index is 14.1. The lowest BCUT2D eigenvalue weighted by molar-refractivity contribution is -0.137. The first kappa shape index (κ1) is 24.0. The molecule has 0 amide bonds. The lowest BCUT2D eigenvalue weighted by Gasteiger charge is -2.16. The first-order valence-corrected chi connectivity index (χ1v) is 11.9. The Balaban J connectivity index is 1.84. The van der Waals surface area contributed by atoms with Gasteiger partial charge in [0.1, 0.15) is 5.82 Å². The molecule has 0 spiro atoms. The fraction of sp³-hybridized carbons (Fsp3) is 0.192. The van der Waals surface area contributed by atoms with Crippen molar-refractivity contribution in [3.8, 4) is 23.0 Å². The van der Waals surface area contributed by atoms with Crippen molar-refractivity contribution in [2.45, 2.75) is 37.5 Å². The molecule has 0 aliphatic rings. The van der Waals surface area contributed by atoms with Gasteiger partial charge >= 0.3 is 5.97 Å². The zero-order valence-corrected chi connectivity index (χ0v) is 19.0. The molecular weight excluding hydrogens is 441 g/mol. The molecular formula is C26H24FNO4S. The van der Waals surface area contributed by atoms with E-state index in [4.69, 9.17) is 5.11 Å². The summed E-state index contributed by atoms with van der Waals surface area (Å²) in [6.45, 7) is 1.65. The number of aryl methyl sites for hydroxylation is 1. The number of carboxylic acids is 1. The maximum atomic E-state index is 14.1. The number of rotatable bonds is 8. The van der Waals surface area contributed by atoms with Crippen LogP contribution in [-0.2, 0) is 14.8 Å². The van der Waals surface area contributed by atoms with Gasteiger partial charge in [0.15, 0.2) is 0 Å². The Labute approximate surface area is 193 Å². The molecule has 0 aliphatic carbocycles. The Morgan fingerprint density at radius 1 is 1.03 bits per heavy atom. The molecule has 7 heteroatoms. The lowest BCUT2D eigenvalue weighted by Crippen LogP contribution is -2.15. The molecule has 0 aromatic heterocycles. The Morgan fingerprint density at radius 3 is 2.52 bits per heavy atom. The lowest BCUT2D eigenvalue weighted by atomic mass is 10.0. The number of halogens is 1. The molecule has 0 atom stereocenters. The topological polar surface area (TPSA) is 83.5 Å². The van der Waals surface area contributed by atoms with E-state index in [-0.39, 0.29) is 11.3 Å². The number of nitrogens with one attached hydrogen (secondary N) is 1. The SMILES string of the molecule is Cc1cc(F)cc(-c2ccccc2)c1NS(=O)(=O)c1cccc(C#CCCCCC(=O)O)c1. The molecule has 0 fully saturated rings. The van der Waals surface area contributed by atoms with Crippen LogP contribution >= 0.6 is 0 Å². The summed E-state index contributed by atoms with van der Waals surface area (Å²) in [5.74, 6) is 4.59. The number of sulfonamides is 1. The van der Waals surface area contributed by atoms with Crippen LogP contribution in [0.25, 0.3) is 11.1 Å². The van der Waals surface area contributed by atoms with Gasteiger partial charge < -0.3 is 5.11 Å². The van der Waals surface area contributed by atoms with E-state index in [2.05, 4.69) is 16.6 Å². The molecule has 0 radical (unpaired) electrons. The van der Waals surface area contributed by atoms with Gasteiger partial charge in [-0.1, -0.05) is 48.2 Å². The van der Waals surface area contributed by atoms with E-state index in [0.29, 0.717) is 47.2 Å². The van der Waals surface area contributed by atoms with Gasteiger partial charge in [-0.2, -0.15) is 0 Å². The summed E-state index contributed by atoms with van der Waals surface area (Å²) < 4.78 is 43.0. The van der Waals surface area contributed by atoms with E-state index in [1.54, 1.807) is 43.3 Å². The molecule has 0 bridgehead atoms. The predicted octanol–water partition coefficient (Wildman–Crippen LogP) is 5.60. The van der Waals surface area contributed by atoms with E-state index in [0.717, 1.165) is 0 Å². The first-order valence-electron chi connectivity index (χ1n) is 10.5. The summed E-state index contributed by atoms with van der Waals surface area (Å²) in [6.07, 6.45) is 1.83. The zero-order valence-electron chi connectivity index (χ0n) is 18.1. The van der Waals surface area contributed by atoms with Crippen molar-refractivity contribution in [3.05, 3.63) is 83.7 Å². The fourth-order valence-electron chi connectivity index (χ4n) is 3.31. The number of unbranched alkanes of at least 4 members (excludes halogenated alkanes) is 2. The van der Waals surface area contributed by atoms with Crippen molar-refractivity contribution in [1.29, 1.82) is 0 Å². The standard InChI is InChI=1S/C26H24FNO4S/c1-19-16-22(27)18-24(21-12-6-4-7-13-21)26(19)28-33(31,32)23-14-9-11-20(17-23)10-5-2-3-8-15-25(29)30/h4,6-7,9,11-14,16-18,28H,2-3,8,15H2,1H3,(H,29,30). The molecule has 2 N–H and O–H groups in total. The van der Waals surface area contributed by atoms with Crippen molar-refractivity contribution >= 4 is 21.7 Å². The fourth-order valence-corrected chi connectivity index (χ4v) is 4.51. The van der Waals surface area contributed by atoms with Gasteiger partial charge in [-0.15, -0.1) is 0 Å². The molecule has 3 aromatic rings. The van der Waals surface area contributed by atoms with Crippen LogP contribution in [0.15, 0.2) is 71.6 Å². The summed E-state index contributed by atoms with van der Waals surface area (Å²) >= 11 is 0. The van der Waals surface area contributed by atoms with Gasteiger partial charge in [-0.3, -0.25) is 9.52 Å². The second kappa shape index (κ2) is 10.8. The molecule has 0 unspecified atom stereocenters. The number of carbonyl (C=O) groups is 1. The van der Waals surface area contributed by atoms with Crippen molar-refractivity contribution in [3.63, 3.8) is 0 Å². The first-order chi connectivity index (χ1) is 15.8. The van der Waals surface area contributed by atoms with E-state index in [9.17, 15) is 17.6 Å². The molecule has 0 saturated carbocycles. The summed E-state index contributed by atoms with van der Waals surface area (Å²) in [5.41, 5.74) is 2.47. The molecule has 170 valence electrons. The number of anilines is 1. The highest BCUT2D eigenvalue weighted by molar-refractivity contribution is 7.92. The second-order valence-corrected chi connectivity index (χ2v) is 9.23. The van der Waals surface area contributed by atoms with Crippen LogP contribution in [0, 0.1) is 24.6 Å². The van der Waals surface area contributed by atoms with Gasteiger partial charge in [0.05, 0.1) is 10.6 Å². The predicted molar refractivity (Wildman–Crippen MR) is 127 cm³/mol. The van der Waals surface area contributed by atoms with Crippen molar-refractivity contribution in [2.75, 3.05) is 4.72 Å². The maximum Gasteiger partial charge on any atom is 0.303 e. The van der Waals surface area contributed by atoms with Crippen molar-refractivity contribution in [2.24, 2.45) is 0 Å². The third kappa shape index (κ3) is 6.67. The minimum atomic E-state index is -3.96. The van der Waals surface area contributed by atoms with E-state index >= 15 is 0 Å². The highest BCUT2D eigenvalue weighted by Crippen LogP contribution is 2.33. The van der Waals surface area contributed by atoms with E-state index in [1.165, 1.54) is 24.3 Å². The zero-order chi connectivity index (χ0) is 23.8. The van der Waals surface area contributed by atoms with Crippen LogP contribution < -0.4 is 4.72 Å². The van der Waals surface area contributed by atoms with E-state index < -0.39 is 21.8 Å². The number of carboxylic acid groups (broad SMARTS) is 1. The van der Waals surface area contributed by atoms with Gasteiger partial charge in [0.2, 0.25) is 0 Å². The summed E-state index contributed by atoms with van der Waals surface area (Å²) in [6, 6.07) is 17.9. The number of benzene rings is 3. The second-order valence-electron chi connectivity index (χ2n) is 7.55.